The average molecular weight is 277 g/mol. The third kappa shape index (κ3) is 4.93. The Morgan fingerprint density at radius 3 is 1.75 bits per heavy atom. The van der Waals surface area contributed by atoms with Crippen molar-refractivity contribution in [3.63, 3.8) is 0 Å². The first-order chi connectivity index (χ1) is 9.83. The highest BCUT2D eigenvalue weighted by atomic mass is 14.4. The molecule has 2 aliphatic rings. The van der Waals surface area contributed by atoms with Gasteiger partial charge in [-0.25, -0.2) is 0 Å². The van der Waals surface area contributed by atoms with Gasteiger partial charge in [0.05, 0.1) is 0 Å². The summed E-state index contributed by atoms with van der Waals surface area (Å²) in [7, 11) is 0. The molecule has 0 aromatic rings. The molecule has 0 saturated heterocycles. The molecule has 0 heteroatoms. The summed E-state index contributed by atoms with van der Waals surface area (Å²) in [4.78, 5) is 0. The van der Waals surface area contributed by atoms with Gasteiger partial charge in [-0.05, 0) is 62.2 Å². The summed E-state index contributed by atoms with van der Waals surface area (Å²) in [5, 5.41) is 0. The minimum Gasteiger partial charge on any atom is -0.103 e. The van der Waals surface area contributed by atoms with E-state index in [4.69, 9.17) is 0 Å². The molecule has 0 aliphatic heterocycles. The molecule has 0 radical (unpaired) electrons. The lowest BCUT2D eigenvalue weighted by Gasteiger charge is -2.38. The van der Waals surface area contributed by atoms with Gasteiger partial charge in [-0.15, -0.1) is 6.58 Å². The first-order valence-electron chi connectivity index (χ1n) is 9.44. The normalized spacial score (nSPS) is 34.9. The van der Waals surface area contributed by atoms with Crippen LogP contribution in [0, 0.1) is 23.7 Å². The van der Waals surface area contributed by atoms with Gasteiger partial charge in [0.2, 0.25) is 0 Å². The van der Waals surface area contributed by atoms with Crippen LogP contribution in [0.15, 0.2) is 12.7 Å². The van der Waals surface area contributed by atoms with Gasteiger partial charge in [-0.3, -0.25) is 0 Å². The summed E-state index contributed by atoms with van der Waals surface area (Å²) in [6.45, 7) is 6.18. The molecule has 0 N–H and O–H groups in total. The Morgan fingerprint density at radius 1 is 0.800 bits per heavy atom. The van der Waals surface area contributed by atoms with E-state index < -0.39 is 0 Å². The molecule has 0 unspecified atom stereocenters. The van der Waals surface area contributed by atoms with Crippen LogP contribution >= 0.6 is 0 Å². The van der Waals surface area contributed by atoms with Crippen molar-refractivity contribution in [1.82, 2.24) is 0 Å². The molecule has 0 aromatic heterocycles. The fourth-order valence-corrected chi connectivity index (χ4v) is 4.86. The van der Waals surface area contributed by atoms with Gasteiger partial charge >= 0.3 is 0 Å². The maximum Gasteiger partial charge on any atom is -0.0353 e. The zero-order valence-corrected chi connectivity index (χ0v) is 13.8. The maximum atomic E-state index is 3.84. The molecule has 0 spiro atoms. The van der Waals surface area contributed by atoms with E-state index in [0.717, 1.165) is 23.7 Å². The number of hydrogen-bond acceptors (Lipinski definition) is 0. The molecule has 0 heterocycles. The van der Waals surface area contributed by atoms with Crippen molar-refractivity contribution in [1.29, 1.82) is 0 Å². The zero-order chi connectivity index (χ0) is 14.2. The quantitative estimate of drug-likeness (QED) is 0.356. The minimum atomic E-state index is 1.04. The Morgan fingerprint density at radius 2 is 1.30 bits per heavy atom. The van der Waals surface area contributed by atoms with E-state index in [9.17, 15) is 0 Å². The molecule has 20 heavy (non-hydrogen) atoms. The fourth-order valence-electron chi connectivity index (χ4n) is 4.86. The smallest absolute Gasteiger partial charge is 0.0353 e. The van der Waals surface area contributed by atoms with Crippen LogP contribution in [0.2, 0.25) is 0 Å². The summed E-state index contributed by atoms with van der Waals surface area (Å²) < 4.78 is 0. The summed E-state index contributed by atoms with van der Waals surface area (Å²) in [5.74, 6) is 4.31. The number of hydrogen-bond donors (Lipinski definition) is 0. The molecule has 0 nitrogen and oxygen atoms in total. The predicted octanol–water partition coefficient (Wildman–Crippen LogP) is 6.76. The highest BCUT2D eigenvalue weighted by Crippen LogP contribution is 2.42. The Hall–Kier alpha value is -0.260. The van der Waals surface area contributed by atoms with E-state index in [2.05, 4.69) is 19.6 Å². The highest BCUT2D eigenvalue weighted by Gasteiger charge is 2.30. The van der Waals surface area contributed by atoms with E-state index in [1.54, 1.807) is 25.7 Å². The Bertz CT molecular complexity index is 251. The van der Waals surface area contributed by atoms with Crippen LogP contribution in [0.1, 0.15) is 90.4 Å². The first kappa shape index (κ1) is 16.1. The van der Waals surface area contributed by atoms with E-state index in [1.165, 1.54) is 57.8 Å². The van der Waals surface area contributed by atoms with Gasteiger partial charge in [-0.2, -0.15) is 0 Å². The summed E-state index contributed by atoms with van der Waals surface area (Å²) in [6.07, 6.45) is 21.3. The third-order valence-corrected chi connectivity index (χ3v) is 6.17. The zero-order valence-electron chi connectivity index (χ0n) is 13.8. The van der Waals surface area contributed by atoms with Crippen LogP contribution in [0.5, 0.6) is 0 Å². The molecule has 0 atom stereocenters. The molecule has 0 bridgehead atoms. The molecule has 2 fully saturated rings. The topological polar surface area (TPSA) is 0 Å². The van der Waals surface area contributed by atoms with Crippen molar-refractivity contribution in [2.24, 2.45) is 23.7 Å². The van der Waals surface area contributed by atoms with Crippen LogP contribution in [0.3, 0.4) is 0 Å². The van der Waals surface area contributed by atoms with Crippen molar-refractivity contribution in [2.75, 3.05) is 0 Å². The van der Waals surface area contributed by atoms with E-state index >= 15 is 0 Å². The van der Waals surface area contributed by atoms with Crippen molar-refractivity contribution in [3.05, 3.63) is 12.7 Å². The van der Waals surface area contributed by atoms with Crippen molar-refractivity contribution in [3.8, 4) is 0 Å². The predicted molar refractivity (Wildman–Crippen MR) is 89.9 cm³/mol. The van der Waals surface area contributed by atoms with Gasteiger partial charge in [-0.1, -0.05) is 57.9 Å². The van der Waals surface area contributed by atoms with Crippen LogP contribution in [-0.4, -0.2) is 0 Å². The van der Waals surface area contributed by atoms with Crippen LogP contribution in [0.25, 0.3) is 0 Å². The first-order valence-corrected chi connectivity index (χ1v) is 9.44. The molecule has 2 rings (SSSR count). The van der Waals surface area contributed by atoms with Gasteiger partial charge in [0.25, 0.3) is 0 Å². The second kappa shape index (κ2) is 8.90. The molecular formula is C20H36. The van der Waals surface area contributed by atoms with Crippen molar-refractivity contribution >= 4 is 0 Å². The number of rotatable bonds is 7. The van der Waals surface area contributed by atoms with Crippen LogP contribution in [-0.2, 0) is 0 Å². The van der Waals surface area contributed by atoms with E-state index in [-0.39, 0.29) is 0 Å². The monoisotopic (exact) mass is 276 g/mol. The lowest BCUT2D eigenvalue weighted by molar-refractivity contribution is 0.140. The van der Waals surface area contributed by atoms with Gasteiger partial charge in [0.1, 0.15) is 0 Å². The molecule has 2 saturated carbocycles. The third-order valence-electron chi connectivity index (χ3n) is 6.17. The molecule has 2 aliphatic carbocycles. The molecule has 0 aromatic carbocycles. The second-order valence-corrected chi connectivity index (χ2v) is 7.57. The van der Waals surface area contributed by atoms with E-state index in [0.29, 0.717) is 0 Å². The second-order valence-electron chi connectivity index (χ2n) is 7.57. The Balaban J connectivity index is 1.63. The summed E-state index contributed by atoms with van der Waals surface area (Å²) in [5.41, 5.74) is 0. The van der Waals surface area contributed by atoms with E-state index in [1.807, 2.05) is 0 Å². The SMILES string of the molecule is C=CCCCC1CCC(C2CCC(CCC)CC2)CC1. The van der Waals surface area contributed by atoms with Crippen LogP contribution < -0.4 is 0 Å². The maximum absolute atomic E-state index is 3.84. The number of unbranched alkanes of at least 4 members (excludes halogenated alkanes) is 1. The summed E-state index contributed by atoms with van der Waals surface area (Å²) >= 11 is 0. The van der Waals surface area contributed by atoms with Crippen molar-refractivity contribution in [2.45, 2.75) is 90.4 Å². The minimum absolute atomic E-state index is 1.04. The molecule has 116 valence electrons. The highest BCUT2D eigenvalue weighted by molar-refractivity contribution is 4.82. The lowest BCUT2D eigenvalue weighted by Crippen LogP contribution is -2.25. The molecular weight excluding hydrogens is 240 g/mol. The Labute approximate surface area is 127 Å². The van der Waals surface area contributed by atoms with Gasteiger partial charge in [0.15, 0.2) is 0 Å². The van der Waals surface area contributed by atoms with Gasteiger partial charge < -0.3 is 0 Å². The average Bonchev–Trinajstić information content (AvgIpc) is 2.49. The standard InChI is InChI=1S/C20H36/c1-3-5-6-8-18-11-15-20(16-12-18)19-13-9-17(7-4-2)10-14-19/h3,17-20H,1,4-16H2,2H3. The van der Waals surface area contributed by atoms with Crippen LogP contribution in [0.4, 0.5) is 0 Å². The fraction of sp³-hybridized carbons (Fsp3) is 0.900. The molecule has 0 amide bonds. The van der Waals surface area contributed by atoms with Gasteiger partial charge in [0, 0.05) is 0 Å². The Kier molecular flexibility index (Phi) is 7.17. The largest absolute Gasteiger partial charge is 0.103 e. The van der Waals surface area contributed by atoms with Crippen molar-refractivity contribution < 1.29 is 0 Å². The number of allylic oxidation sites excluding steroid dienone is 1. The lowest BCUT2D eigenvalue weighted by atomic mass is 9.68. The summed E-state index contributed by atoms with van der Waals surface area (Å²) in [6, 6.07) is 0.